The zero-order valence-electron chi connectivity index (χ0n) is 11.7. The molecule has 0 spiro atoms. The minimum absolute atomic E-state index is 0.292. The van der Waals surface area contributed by atoms with Crippen molar-refractivity contribution < 1.29 is 9.90 Å². The molecule has 4 heteroatoms. The van der Waals surface area contributed by atoms with Crippen molar-refractivity contribution >= 4 is 17.0 Å². The second kappa shape index (κ2) is 5.43. The molecule has 1 unspecified atom stereocenters. The summed E-state index contributed by atoms with van der Waals surface area (Å²) in [6.07, 6.45) is 3.30. The molecule has 102 valence electrons. The number of imidazole rings is 1. The predicted molar refractivity (Wildman–Crippen MR) is 75.7 cm³/mol. The standard InChI is InChI=1S/C15H20N2O2/c1-4-6-12(5-2)17-10(3)16-13-9-11(15(18)19)7-8-14(13)17/h7-9,12H,4-6H2,1-3H3,(H,18,19). The summed E-state index contributed by atoms with van der Waals surface area (Å²) < 4.78 is 2.24. The number of aromatic carboxylic acids is 1. The van der Waals surface area contributed by atoms with Crippen molar-refractivity contribution in [3.05, 3.63) is 29.6 Å². The summed E-state index contributed by atoms with van der Waals surface area (Å²) in [6, 6.07) is 5.61. The quantitative estimate of drug-likeness (QED) is 0.889. The summed E-state index contributed by atoms with van der Waals surface area (Å²) >= 11 is 0. The van der Waals surface area contributed by atoms with Gasteiger partial charge >= 0.3 is 5.97 Å². The van der Waals surface area contributed by atoms with Crippen LogP contribution < -0.4 is 0 Å². The number of fused-ring (bicyclic) bond motifs is 1. The number of hydrogen-bond acceptors (Lipinski definition) is 2. The van der Waals surface area contributed by atoms with Crippen LogP contribution in [0.25, 0.3) is 11.0 Å². The molecule has 4 nitrogen and oxygen atoms in total. The molecule has 2 aromatic rings. The van der Waals surface area contributed by atoms with Crippen LogP contribution >= 0.6 is 0 Å². The van der Waals surface area contributed by atoms with Gasteiger partial charge in [-0.1, -0.05) is 20.3 Å². The number of rotatable bonds is 5. The molecule has 0 aliphatic heterocycles. The third-order valence-corrected chi connectivity index (χ3v) is 3.57. The van der Waals surface area contributed by atoms with Crippen molar-refractivity contribution in [2.75, 3.05) is 0 Å². The van der Waals surface area contributed by atoms with E-state index in [-0.39, 0.29) is 0 Å². The summed E-state index contributed by atoms with van der Waals surface area (Å²) in [7, 11) is 0. The predicted octanol–water partition coefficient (Wildman–Crippen LogP) is 3.79. The van der Waals surface area contributed by atoms with E-state index >= 15 is 0 Å². The molecule has 0 saturated carbocycles. The van der Waals surface area contributed by atoms with Crippen molar-refractivity contribution in [2.45, 2.75) is 46.1 Å². The van der Waals surface area contributed by atoms with Crippen LogP contribution in [0.5, 0.6) is 0 Å². The highest BCUT2D eigenvalue weighted by Gasteiger charge is 2.16. The summed E-state index contributed by atoms with van der Waals surface area (Å²) in [5.74, 6) is 0.0486. The first-order valence-electron chi connectivity index (χ1n) is 6.80. The van der Waals surface area contributed by atoms with Gasteiger partial charge in [-0.3, -0.25) is 0 Å². The van der Waals surface area contributed by atoms with Gasteiger partial charge in [0.25, 0.3) is 0 Å². The fourth-order valence-corrected chi connectivity index (χ4v) is 2.66. The molecule has 0 fully saturated rings. The highest BCUT2D eigenvalue weighted by molar-refractivity contribution is 5.92. The lowest BCUT2D eigenvalue weighted by molar-refractivity contribution is 0.0697. The van der Waals surface area contributed by atoms with Gasteiger partial charge in [-0.25, -0.2) is 9.78 Å². The van der Waals surface area contributed by atoms with Gasteiger partial charge in [0.05, 0.1) is 16.6 Å². The van der Waals surface area contributed by atoms with Crippen molar-refractivity contribution in [3.63, 3.8) is 0 Å². The van der Waals surface area contributed by atoms with Crippen molar-refractivity contribution in [1.82, 2.24) is 9.55 Å². The fourth-order valence-electron chi connectivity index (χ4n) is 2.66. The first-order chi connectivity index (χ1) is 9.08. The van der Waals surface area contributed by atoms with E-state index in [4.69, 9.17) is 5.11 Å². The summed E-state index contributed by atoms with van der Waals surface area (Å²) in [6.45, 7) is 6.34. The van der Waals surface area contributed by atoms with Gasteiger partial charge in [-0.2, -0.15) is 0 Å². The Kier molecular flexibility index (Phi) is 3.88. The molecule has 2 rings (SSSR count). The monoisotopic (exact) mass is 260 g/mol. The highest BCUT2D eigenvalue weighted by Crippen LogP contribution is 2.26. The molecule has 19 heavy (non-hydrogen) atoms. The van der Waals surface area contributed by atoms with E-state index in [9.17, 15) is 4.79 Å². The zero-order valence-corrected chi connectivity index (χ0v) is 11.7. The maximum Gasteiger partial charge on any atom is 0.335 e. The summed E-state index contributed by atoms with van der Waals surface area (Å²) in [5.41, 5.74) is 2.09. The third kappa shape index (κ3) is 2.48. The molecule has 1 N–H and O–H groups in total. The van der Waals surface area contributed by atoms with Crippen LogP contribution in [0.15, 0.2) is 18.2 Å². The average molecular weight is 260 g/mol. The molecule has 0 aliphatic carbocycles. The molecule has 1 aromatic heterocycles. The van der Waals surface area contributed by atoms with Gasteiger partial charge in [0, 0.05) is 6.04 Å². The van der Waals surface area contributed by atoms with Crippen LogP contribution in [0, 0.1) is 6.92 Å². The highest BCUT2D eigenvalue weighted by atomic mass is 16.4. The van der Waals surface area contributed by atoms with Crippen LogP contribution in [-0.4, -0.2) is 20.6 Å². The molecule has 1 heterocycles. The smallest absolute Gasteiger partial charge is 0.335 e. The van der Waals surface area contributed by atoms with Crippen LogP contribution in [0.4, 0.5) is 0 Å². The summed E-state index contributed by atoms with van der Waals surface area (Å²) in [5, 5.41) is 9.03. The Hall–Kier alpha value is -1.84. The lowest BCUT2D eigenvalue weighted by atomic mass is 10.1. The van der Waals surface area contributed by atoms with Crippen LogP contribution in [0.3, 0.4) is 0 Å². The summed E-state index contributed by atoms with van der Waals surface area (Å²) in [4.78, 5) is 15.5. The minimum Gasteiger partial charge on any atom is -0.478 e. The second-order valence-electron chi connectivity index (χ2n) is 4.89. The van der Waals surface area contributed by atoms with Crippen molar-refractivity contribution in [3.8, 4) is 0 Å². The van der Waals surface area contributed by atoms with E-state index in [1.807, 2.05) is 13.0 Å². The van der Waals surface area contributed by atoms with E-state index in [0.29, 0.717) is 11.6 Å². The number of carbonyl (C=O) groups is 1. The number of hydrogen-bond donors (Lipinski definition) is 1. The fraction of sp³-hybridized carbons (Fsp3) is 0.467. The van der Waals surface area contributed by atoms with E-state index in [1.54, 1.807) is 12.1 Å². The molecule has 0 aliphatic rings. The van der Waals surface area contributed by atoms with Crippen LogP contribution in [0.2, 0.25) is 0 Å². The lowest BCUT2D eigenvalue weighted by Crippen LogP contribution is -2.09. The Balaban J connectivity index is 2.55. The first-order valence-corrected chi connectivity index (χ1v) is 6.80. The van der Waals surface area contributed by atoms with E-state index in [0.717, 1.165) is 36.1 Å². The Bertz CT molecular complexity index is 601. The molecule has 0 amide bonds. The number of carboxylic acid groups (broad SMARTS) is 1. The number of benzene rings is 1. The number of aromatic nitrogens is 2. The van der Waals surface area contributed by atoms with Gasteiger partial charge in [0.15, 0.2) is 0 Å². The Labute approximate surface area is 113 Å². The first kappa shape index (κ1) is 13.6. The molecule has 0 saturated heterocycles. The van der Waals surface area contributed by atoms with E-state index in [1.165, 1.54) is 0 Å². The van der Waals surface area contributed by atoms with Crippen molar-refractivity contribution in [2.24, 2.45) is 0 Å². The third-order valence-electron chi connectivity index (χ3n) is 3.57. The van der Waals surface area contributed by atoms with Crippen LogP contribution in [-0.2, 0) is 0 Å². The van der Waals surface area contributed by atoms with Gasteiger partial charge in [-0.15, -0.1) is 0 Å². The normalized spacial score (nSPS) is 12.8. The molecule has 1 aromatic carbocycles. The van der Waals surface area contributed by atoms with Crippen molar-refractivity contribution in [1.29, 1.82) is 0 Å². The maximum atomic E-state index is 11.0. The SMILES string of the molecule is CCCC(CC)n1c(C)nc2cc(C(=O)O)ccc21. The van der Waals surface area contributed by atoms with Gasteiger partial charge < -0.3 is 9.67 Å². The minimum atomic E-state index is -0.908. The Morgan fingerprint density at radius 2 is 2.16 bits per heavy atom. The van der Waals surface area contributed by atoms with Crippen LogP contribution in [0.1, 0.15) is 55.3 Å². The molecule has 1 atom stereocenters. The molecule has 0 radical (unpaired) electrons. The molecular formula is C15H20N2O2. The van der Waals surface area contributed by atoms with Gasteiger partial charge in [0.2, 0.25) is 0 Å². The lowest BCUT2D eigenvalue weighted by Gasteiger charge is -2.18. The average Bonchev–Trinajstić information content (AvgIpc) is 2.71. The topological polar surface area (TPSA) is 55.1 Å². The number of nitrogens with zero attached hydrogens (tertiary/aromatic N) is 2. The molecular weight excluding hydrogens is 240 g/mol. The van der Waals surface area contributed by atoms with Gasteiger partial charge in [-0.05, 0) is 38.0 Å². The van der Waals surface area contributed by atoms with E-state index in [2.05, 4.69) is 23.4 Å². The largest absolute Gasteiger partial charge is 0.478 e. The Morgan fingerprint density at radius 1 is 1.42 bits per heavy atom. The second-order valence-corrected chi connectivity index (χ2v) is 4.89. The maximum absolute atomic E-state index is 11.0. The van der Waals surface area contributed by atoms with Gasteiger partial charge in [0.1, 0.15) is 5.82 Å². The number of aryl methyl sites for hydroxylation is 1. The number of carboxylic acids is 1. The van der Waals surface area contributed by atoms with E-state index < -0.39 is 5.97 Å². The Morgan fingerprint density at radius 3 is 2.74 bits per heavy atom. The molecule has 0 bridgehead atoms. The zero-order chi connectivity index (χ0) is 14.0.